The molecule has 5 N–H and O–H groups in total. The maximum atomic E-state index is 14.4. The minimum Gasteiger partial charge on any atom is -0.342 e. The molecule has 3 atom stereocenters. The van der Waals surface area contributed by atoms with Gasteiger partial charge in [0.05, 0.1) is 36.6 Å². The van der Waals surface area contributed by atoms with E-state index in [4.69, 9.17) is 0 Å². The van der Waals surface area contributed by atoms with Gasteiger partial charge < -0.3 is 10.2 Å². The lowest BCUT2D eigenvalue weighted by Gasteiger charge is -2.35. The molecule has 0 spiro atoms. The molecule has 2 fully saturated rings. The van der Waals surface area contributed by atoms with E-state index in [0.29, 0.717) is 11.4 Å². The van der Waals surface area contributed by atoms with Crippen molar-refractivity contribution in [2.24, 2.45) is 0 Å². The van der Waals surface area contributed by atoms with E-state index in [-0.39, 0.29) is 44.1 Å². The second-order valence-electron chi connectivity index (χ2n) is 9.53. The lowest BCUT2D eigenvalue weighted by molar-refractivity contribution is -0.739. The van der Waals surface area contributed by atoms with Crippen LogP contribution in [-0.4, -0.2) is 46.4 Å². The first kappa shape index (κ1) is 24.1. The number of likely N-dealkylation sites (tertiary alicyclic amines) is 1. The molecule has 36 heavy (non-hydrogen) atoms. The third kappa shape index (κ3) is 5.15. The van der Waals surface area contributed by atoms with Gasteiger partial charge in [-0.3, -0.25) is 14.6 Å². The Balaban J connectivity index is 1.33. The number of aromatic nitrogens is 1. The fraction of sp³-hybridized carbons (Fsp3) is 0.400. The van der Waals surface area contributed by atoms with Gasteiger partial charge in [-0.2, -0.15) is 5.53 Å². The van der Waals surface area contributed by atoms with Crippen LogP contribution in [0.3, 0.4) is 0 Å². The molecule has 1 saturated carbocycles. The zero-order valence-electron chi connectivity index (χ0n) is 19.5. The maximum Gasteiger partial charge on any atom is 0.249 e. The molecular weight excluding hydrogens is 473 g/mol. The number of hydrogen-bond donors (Lipinski definition) is 4. The Morgan fingerprint density at radius 3 is 2.61 bits per heavy atom. The van der Waals surface area contributed by atoms with Gasteiger partial charge in [-0.1, -0.05) is 36.4 Å². The Morgan fingerprint density at radius 2 is 1.97 bits per heavy atom. The number of nitrogens with one attached hydrogen (secondary N) is 3. The molecule has 8 nitrogen and oxygen atoms in total. The highest BCUT2D eigenvalue weighted by Crippen LogP contribution is 2.48. The second-order valence-corrected chi connectivity index (χ2v) is 9.53. The van der Waals surface area contributed by atoms with Gasteiger partial charge in [0.2, 0.25) is 17.7 Å². The highest BCUT2D eigenvalue weighted by Gasteiger charge is 2.46. The van der Waals surface area contributed by atoms with E-state index in [9.17, 15) is 22.8 Å². The minimum atomic E-state index is -2.62. The molecule has 0 unspecified atom stereocenters. The summed E-state index contributed by atoms with van der Waals surface area (Å²) in [7, 11) is 0. The first-order valence-corrected chi connectivity index (χ1v) is 11.9. The van der Waals surface area contributed by atoms with E-state index in [2.05, 4.69) is 21.2 Å². The van der Waals surface area contributed by atoms with E-state index in [1.807, 2.05) is 30.3 Å². The van der Waals surface area contributed by atoms with Crippen LogP contribution < -0.4 is 21.7 Å². The minimum absolute atomic E-state index is 0.0192. The van der Waals surface area contributed by atoms with Gasteiger partial charge in [-0.15, -0.1) is 0 Å². The molecule has 0 radical (unpaired) electrons. The number of hydrogen-bond acceptors (Lipinski definition) is 5. The van der Waals surface area contributed by atoms with Crippen LogP contribution in [0.2, 0.25) is 0 Å². The summed E-state index contributed by atoms with van der Waals surface area (Å²) < 4.78 is 40.9. The zero-order valence-corrected chi connectivity index (χ0v) is 19.5. The first-order chi connectivity index (χ1) is 17.3. The predicted octanol–water partition coefficient (Wildman–Crippen LogP) is 1.56. The maximum absolute atomic E-state index is 14.4. The summed E-state index contributed by atoms with van der Waals surface area (Å²) >= 11 is 0. The Labute approximate surface area is 206 Å². The van der Waals surface area contributed by atoms with E-state index < -0.39 is 30.1 Å². The molecule has 3 heterocycles. The zero-order chi connectivity index (χ0) is 25.3. The summed E-state index contributed by atoms with van der Waals surface area (Å²) in [5.41, 5.74) is 9.96. The average molecular weight is 502 g/mol. The Bertz CT molecular complexity index is 1140. The fourth-order valence-electron chi connectivity index (χ4n) is 4.93. The highest BCUT2D eigenvalue weighted by molar-refractivity contribution is 5.89. The molecule has 2 amide bonds. The number of quaternary nitrogens is 1. The summed E-state index contributed by atoms with van der Waals surface area (Å²) in [6.45, 7) is -0.143. The molecule has 1 saturated heterocycles. The molecule has 11 heteroatoms. The molecule has 1 aromatic carbocycles. The number of rotatable bonds is 7. The number of amides is 2. The molecule has 5 rings (SSSR count). The summed E-state index contributed by atoms with van der Waals surface area (Å²) in [5, 5.41) is 2.95. The van der Waals surface area contributed by atoms with Gasteiger partial charge in [0, 0.05) is 25.5 Å². The third-order valence-corrected chi connectivity index (χ3v) is 6.90. The average Bonchev–Trinajstić information content (AvgIpc) is 3.51. The molecule has 2 aliphatic heterocycles. The Morgan fingerprint density at radius 1 is 1.19 bits per heavy atom. The Kier molecular flexibility index (Phi) is 6.57. The van der Waals surface area contributed by atoms with Crippen molar-refractivity contribution in [1.29, 1.82) is 0 Å². The van der Waals surface area contributed by atoms with Crippen molar-refractivity contribution >= 4 is 11.8 Å². The Hall–Kier alpha value is -3.60. The van der Waals surface area contributed by atoms with Crippen LogP contribution in [0.15, 0.2) is 60.6 Å². The lowest BCUT2D eigenvalue weighted by atomic mass is 9.77. The molecule has 190 valence electrons. The summed E-state index contributed by atoms with van der Waals surface area (Å²) in [6, 6.07) is 11.1. The summed E-state index contributed by atoms with van der Waals surface area (Å²) in [6.07, 6.45) is 1.47. The van der Waals surface area contributed by atoms with Crippen molar-refractivity contribution in [2.45, 2.75) is 55.8 Å². The van der Waals surface area contributed by atoms with E-state index in [0.717, 1.165) is 11.1 Å². The van der Waals surface area contributed by atoms with Crippen LogP contribution in [-0.2, 0) is 9.59 Å². The van der Waals surface area contributed by atoms with Crippen LogP contribution in [0.4, 0.5) is 13.2 Å². The summed E-state index contributed by atoms with van der Waals surface area (Å²) in [5.74, 6) is -3.67. The number of benzene rings is 1. The second kappa shape index (κ2) is 9.81. The van der Waals surface area contributed by atoms with Crippen molar-refractivity contribution in [1.82, 2.24) is 26.1 Å². The van der Waals surface area contributed by atoms with Gasteiger partial charge >= 0.3 is 0 Å². The third-order valence-electron chi connectivity index (χ3n) is 6.90. The van der Waals surface area contributed by atoms with Crippen molar-refractivity contribution in [3.8, 4) is 0 Å². The van der Waals surface area contributed by atoms with Crippen LogP contribution >= 0.6 is 0 Å². The quantitative estimate of drug-likeness (QED) is 0.432. The van der Waals surface area contributed by atoms with Crippen LogP contribution in [0.1, 0.15) is 54.5 Å². The monoisotopic (exact) mass is 501 g/mol. The molecule has 3 aliphatic rings. The number of halogens is 3. The van der Waals surface area contributed by atoms with Crippen LogP contribution in [0.25, 0.3) is 0 Å². The van der Waals surface area contributed by atoms with Gasteiger partial charge in [-0.05, 0) is 23.1 Å². The van der Waals surface area contributed by atoms with Crippen molar-refractivity contribution in [3.63, 3.8) is 0 Å². The van der Waals surface area contributed by atoms with Crippen LogP contribution in [0, 0.1) is 0 Å². The van der Waals surface area contributed by atoms with E-state index >= 15 is 0 Å². The van der Waals surface area contributed by atoms with Gasteiger partial charge in [0.1, 0.15) is 12.2 Å². The fourth-order valence-corrected chi connectivity index (χ4v) is 4.93. The lowest BCUT2D eigenvalue weighted by Crippen LogP contribution is -2.96. The topological polar surface area (TPSA) is 103 Å². The van der Waals surface area contributed by atoms with Crippen molar-refractivity contribution in [3.05, 3.63) is 77.4 Å². The van der Waals surface area contributed by atoms with Crippen molar-refractivity contribution in [2.75, 3.05) is 6.54 Å². The van der Waals surface area contributed by atoms with Gasteiger partial charge in [-0.25, -0.2) is 24.0 Å². The predicted molar refractivity (Wildman–Crippen MR) is 123 cm³/mol. The molecular formula is C25H28F3N6O2+. The normalized spacial score (nSPS) is 23.8. The SMILES string of the molecule is O=C(N[C@@H](c1ccccc1)c1ccc(C2CC(F)(F)C2)cn1)[C@@H]1C[C@@H](F)CN1C(=O)CC1=CN[NH2+]N1. The number of carbonyl (C=O) groups excluding carboxylic acids is 2. The van der Waals surface area contributed by atoms with E-state index in [1.165, 1.54) is 4.90 Å². The standard InChI is InChI=1S/C25H27F3N6O2/c26-18-8-21(34(14-18)22(35)9-19-13-30-33-32-19)24(36)31-23(15-4-2-1-3-5-15)20-7-6-16(12-29-20)17-10-25(27,28)11-17/h1-7,12-13,17-18,21,23,30,32-33H,8-11,14H2,(H,31,36)/p+1/t18-,21+,23+/m1/s1. The number of carbonyl (C=O) groups is 2. The number of nitrogens with zero attached hydrogens (tertiary/aromatic N) is 2. The van der Waals surface area contributed by atoms with E-state index in [1.54, 1.807) is 30.1 Å². The number of nitrogens with two attached hydrogens (primary N) is 1. The van der Waals surface area contributed by atoms with Crippen molar-refractivity contribution < 1.29 is 28.3 Å². The molecule has 1 aliphatic carbocycles. The largest absolute Gasteiger partial charge is 0.342 e. The number of alkyl halides is 3. The number of pyridine rings is 1. The summed E-state index contributed by atoms with van der Waals surface area (Å²) in [4.78, 5) is 32.0. The van der Waals surface area contributed by atoms with Gasteiger partial charge in [0.15, 0.2) is 0 Å². The smallest absolute Gasteiger partial charge is 0.249 e. The molecule has 0 bridgehead atoms. The first-order valence-electron chi connectivity index (χ1n) is 11.9. The molecule has 2 aromatic rings. The molecule has 1 aromatic heterocycles. The van der Waals surface area contributed by atoms with Crippen LogP contribution in [0.5, 0.6) is 0 Å². The van der Waals surface area contributed by atoms with Gasteiger partial charge in [0.25, 0.3) is 0 Å². The highest BCUT2D eigenvalue weighted by atomic mass is 19.3.